The van der Waals surface area contributed by atoms with E-state index in [1.165, 1.54) is 18.5 Å². The maximum atomic E-state index is 6.01. The number of hydrogen-bond acceptors (Lipinski definition) is 5. The summed E-state index contributed by atoms with van der Waals surface area (Å²) in [7, 11) is 0. The molecule has 0 atom stereocenters. The molecule has 1 aliphatic heterocycles. The van der Waals surface area contributed by atoms with E-state index in [0.29, 0.717) is 17.8 Å². The zero-order chi connectivity index (χ0) is 16.8. The van der Waals surface area contributed by atoms with Crippen molar-refractivity contribution in [1.82, 2.24) is 24.2 Å². The Hall–Kier alpha value is -1.35. The molecular weight excluding hydrogens is 415 g/mol. The van der Waals surface area contributed by atoms with Crippen LogP contribution in [0.15, 0.2) is 24.7 Å². The molecule has 2 fully saturated rings. The van der Waals surface area contributed by atoms with Crippen LogP contribution in [0.3, 0.4) is 0 Å². The lowest BCUT2D eigenvalue weighted by Gasteiger charge is -2.46. The average Bonchev–Trinajstić information content (AvgIpc) is 2.85. The van der Waals surface area contributed by atoms with Gasteiger partial charge in [0.2, 0.25) is 0 Å². The van der Waals surface area contributed by atoms with Crippen molar-refractivity contribution in [1.29, 1.82) is 0 Å². The number of allylic oxidation sites excluding steroid dienone is 1. The summed E-state index contributed by atoms with van der Waals surface area (Å²) < 4.78 is 3.08. The molecule has 2 aromatic rings. The number of hydrogen-bond donors (Lipinski definition) is 1. The van der Waals surface area contributed by atoms with Crippen LogP contribution in [0.5, 0.6) is 0 Å². The van der Waals surface area contributed by atoms with E-state index in [-0.39, 0.29) is 0 Å². The molecule has 0 bridgehead atoms. The molecule has 0 spiro atoms. The molecule has 0 radical (unpaired) electrons. The highest BCUT2D eigenvalue weighted by Crippen LogP contribution is 2.40. The van der Waals surface area contributed by atoms with Crippen molar-refractivity contribution in [2.75, 3.05) is 31.9 Å². The smallest absolute Gasteiger partial charge is 0.150 e. The van der Waals surface area contributed by atoms with Gasteiger partial charge in [0.15, 0.2) is 5.82 Å². The summed E-state index contributed by atoms with van der Waals surface area (Å²) in [5, 5.41) is 0. The van der Waals surface area contributed by atoms with Crippen LogP contribution in [0, 0.1) is 3.70 Å². The zero-order valence-electron chi connectivity index (χ0n) is 14.0. The molecule has 2 aliphatic rings. The lowest BCUT2D eigenvalue weighted by Crippen LogP contribution is -2.53. The first kappa shape index (κ1) is 16.1. The van der Waals surface area contributed by atoms with E-state index in [4.69, 9.17) is 10.7 Å². The predicted molar refractivity (Wildman–Crippen MR) is 104 cm³/mol. The minimum atomic E-state index is 0.520. The highest BCUT2D eigenvalue weighted by atomic mass is 127. The summed E-state index contributed by atoms with van der Waals surface area (Å²) in [6.45, 7) is 10.6. The number of piperazine rings is 1. The highest BCUT2D eigenvalue weighted by Gasteiger charge is 2.38. The molecule has 2 N–H and O–H groups in total. The first-order valence-electron chi connectivity index (χ1n) is 8.47. The van der Waals surface area contributed by atoms with Gasteiger partial charge in [0.25, 0.3) is 0 Å². The van der Waals surface area contributed by atoms with Crippen molar-refractivity contribution in [3.8, 4) is 0 Å². The number of rotatable bonds is 3. The molecule has 4 rings (SSSR count). The summed E-state index contributed by atoms with van der Waals surface area (Å²) in [4.78, 5) is 14.0. The first-order chi connectivity index (χ1) is 11.5. The molecule has 0 aromatic carbocycles. The zero-order valence-corrected chi connectivity index (χ0v) is 16.1. The fourth-order valence-electron chi connectivity index (χ4n) is 3.90. The number of imidazole rings is 1. The second-order valence-corrected chi connectivity index (χ2v) is 7.89. The van der Waals surface area contributed by atoms with Gasteiger partial charge >= 0.3 is 0 Å². The Morgan fingerprint density at radius 3 is 2.67 bits per heavy atom. The largest absolute Gasteiger partial charge is 0.382 e. The molecule has 1 saturated heterocycles. The lowest BCUT2D eigenvalue weighted by atomic mass is 9.78. The van der Waals surface area contributed by atoms with Gasteiger partial charge in [-0.15, -0.1) is 0 Å². The molecule has 6 nitrogen and oxygen atoms in total. The number of nitrogen functional groups attached to an aromatic ring is 1. The molecule has 7 heteroatoms. The van der Waals surface area contributed by atoms with Crippen LogP contribution in [0.4, 0.5) is 5.82 Å². The van der Waals surface area contributed by atoms with Crippen LogP contribution >= 0.6 is 22.6 Å². The van der Waals surface area contributed by atoms with Crippen molar-refractivity contribution in [2.45, 2.75) is 31.7 Å². The van der Waals surface area contributed by atoms with Gasteiger partial charge in [-0.2, -0.15) is 0 Å². The number of halogens is 1. The number of anilines is 1. The Morgan fingerprint density at radius 2 is 2.00 bits per heavy atom. The van der Waals surface area contributed by atoms with Crippen molar-refractivity contribution in [3.63, 3.8) is 0 Å². The normalized spacial score (nSPS) is 25.0. The van der Waals surface area contributed by atoms with Crippen molar-refractivity contribution in [3.05, 3.63) is 34.2 Å². The fourth-order valence-corrected chi connectivity index (χ4v) is 4.68. The van der Waals surface area contributed by atoms with E-state index in [2.05, 4.69) is 55.3 Å². The quantitative estimate of drug-likeness (QED) is 0.746. The van der Waals surface area contributed by atoms with E-state index in [9.17, 15) is 0 Å². The standard InChI is InChI=1S/C17H23IN6/c1-11(2)22-5-7-23(8-6-22)13-9-12(10-13)17-21-15(18)14-16(19)20-3-4-24(14)17/h3-4,12-13H,1,5-10H2,2H3,(H2,19,20). The summed E-state index contributed by atoms with van der Waals surface area (Å²) in [5.41, 5.74) is 8.15. The Balaban J connectivity index is 1.43. The van der Waals surface area contributed by atoms with E-state index >= 15 is 0 Å². The number of aromatic nitrogens is 3. The topological polar surface area (TPSA) is 62.7 Å². The van der Waals surface area contributed by atoms with Gasteiger partial charge < -0.3 is 10.6 Å². The van der Waals surface area contributed by atoms with Crippen LogP contribution < -0.4 is 5.73 Å². The number of nitrogens with zero attached hydrogens (tertiary/aromatic N) is 5. The molecule has 128 valence electrons. The van der Waals surface area contributed by atoms with Crippen LogP contribution in [0.25, 0.3) is 5.52 Å². The number of nitrogens with two attached hydrogens (primary N) is 1. The van der Waals surface area contributed by atoms with Crippen molar-refractivity contribution < 1.29 is 0 Å². The predicted octanol–water partition coefficient (Wildman–Crippen LogP) is 2.31. The molecule has 1 saturated carbocycles. The Morgan fingerprint density at radius 1 is 1.29 bits per heavy atom. The minimum Gasteiger partial charge on any atom is -0.382 e. The summed E-state index contributed by atoms with van der Waals surface area (Å²) in [6, 6.07) is 0.687. The van der Waals surface area contributed by atoms with Gasteiger partial charge in [-0.05, 0) is 42.4 Å². The van der Waals surface area contributed by atoms with Gasteiger partial charge in [0.1, 0.15) is 15.0 Å². The maximum Gasteiger partial charge on any atom is 0.150 e. The third-order valence-corrected chi connectivity index (χ3v) is 6.17. The van der Waals surface area contributed by atoms with Crippen LogP contribution in [-0.4, -0.2) is 56.4 Å². The van der Waals surface area contributed by atoms with E-state index in [1.54, 1.807) is 6.20 Å². The molecule has 3 heterocycles. The van der Waals surface area contributed by atoms with Gasteiger partial charge in [-0.1, -0.05) is 6.58 Å². The SMILES string of the molecule is C=C(C)N1CCN(C2CC(c3nc(I)c4c(N)nccn34)C2)CC1. The minimum absolute atomic E-state index is 0.520. The molecule has 1 aliphatic carbocycles. The summed E-state index contributed by atoms with van der Waals surface area (Å²) in [6.07, 6.45) is 6.11. The average molecular weight is 438 g/mol. The van der Waals surface area contributed by atoms with Crippen LogP contribution in [0.2, 0.25) is 0 Å². The van der Waals surface area contributed by atoms with Crippen LogP contribution in [0.1, 0.15) is 31.5 Å². The number of fused-ring (bicyclic) bond motifs is 1. The third kappa shape index (κ3) is 2.67. The third-order valence-electron chi connectivity index (χ3n) is 5.42. The highest BCUT2D eigenvalue weighted by molar-refractivity contribution is 14.1. The molecule has 0 unspecified atom stereocenters. The Bertz CT molecular complexity index is 771. The lowest BCUT2D eigenvalue weighted by molar-refractivity contribution is 0.0610. The summed E-state index contributed by atoms with van der Waals surface area (Å²) in [5.74, 6) is 2.22. The fraction of sp³-hybridized carbons (Fsp3) is 0.529. The maximum absolute atomic E-state index is 6.01. The van der Waals surface area contributed by atoms with Crippen molar-refractivity contribution in [2.24, 2.45) is 0 Å². The van der Waals surface area contributed by atoms with Gasteiger partial charge in [-0.3, -0.25) is 9.30 Å². The Kier molecular flexibility index (Phi) is 4.16. The van der Waals surface area contributed by atoms with E-state index in [0.717, 1.165) is 41.2 Å². The van der Waals surface area contributed by atoms with Gasteiger partial charge in [0, 0.05) is 56.2 Å². The summed E-state index contributed by atoms with van der Waals surface area (Å²) >= 11 is 2.26. The van der Waals surface area contributed by atoms with Crippen LogP contribution in [-0.2, 0) is 0 Å². The van der Waals surface area contributed by atoms with E-state index in [1.807, 2.05) is 6.20 Å². The first-order valence-corrected chi connectivity index (χ1v) is 9.55. The Labute approximate surface area is 155 Å². The molecule has 0 amide bonds. The monoisotopic (exact) mass is 438 g/mol. The molecule has 2 aromatic heterocycles. The molecular formula is C17H23IN6. The second-order valence-electron chi connectivity index (χ2n) is 6.87. The van der Waals surface area contributed by atoms with Gasteiger partial charge in [0.05, 0.1) is 0 Å². The van der Waals surface area contributed by atoms with E-state index < -0.39 is 0 Å². The van der Waals surface area contributed by atoms with Gasteiger partial charge in [-0.25, -0.2) is 9.97 Å². The molecule has 24 heavy (non-hydrogen) atoms. The van der Waals surface area contributed by atoms with Crippen molar-refractivity contribution >= 4 is 33.9 Å². The second kappa shape index (κ2) is 6.18.